The summed E-state index contributed by atoms with van der Waals surface area (Å²) in [5, 5.41) is 19.1. The number of hydrogen-bond acceptors (Lipinski definition) is 4. The minimum absolute atomic E-state index is 0.0998. The molecule has 0 fully saturated rings. The Hall–Kier alpha value is 0.0300. The zero-order valence-electron chi connectivity index (χ0n) is 9.98. The van der Waals surface area contributed by atoms with Crippen molar-refractivity contribution in [3.63, 3.8) is 0 Å². The zero-order valence-corrected chi connectivity index (χ0v) is 12.3. The Morgan fingerprint density at radius 1 is 1.06 bits per heavy atom. The van der Waals surface area contributed by atoms with E-state index < -0.39 is 0 Å². The van der Waals surface area contributed by atoms with E-state index in [2.05, 4.69) is 0 Å². The molecule has 0 saturated carbocycles. The Morgan fingerprint density at radius 3 is 2.33 bits per heavy atom. The number of halogens is 2. The van der Waals surface area contributed by atoms with Crippen LogP contribution in [0.5, 0.6) is 0 Å². The molecule has 0 heterocycles. The first kappa shape index (κ1) is 16.1. The third-order valence-corrected chi connectivity index (χ3v) is 4.10. The number of aliphatic hydroxyl groups excluding tert-OH is 2. The molecule has 0 bridgehead atoms. The molecule has 0 aliphatic heterocycles. The van der Waals surface area contributed by atoms with Gasteiger partial charge in [0.15, 0.2) is 0 Å². The topological polar surface area (TPSA) is 43.7 Å². The fourth-order valence-corrected chi connectivity index (χ4v) is 2.99. The van der Waals surface area contributed by atoms with Gasteiger partial charge in [-0.3, -0.25) is 4.90 Å². The lowest BCUT2D eigenvalue weighted by Gasteiger charge is -2.19. The van der Waals surface area contributed by atoms with Crippen LogP contribution >= 0.6 is 35.0 Å². The van der Waals surface area contributed by atoms with Crippen LogP contribution in [0.4, 0.5) is 0 Å². The minimum atomic E-state index is 0.0998. The van der Waals surface area contributed by atoms with Gasteiger partial charge in [-0.25, -0.2) is 0 Å². The van der Waals surface area contributed by atoms with Crippen LogP contribution in [-0.4, -0.2) is 53.7 Å². The molecule has 0 aliphatic carbocycles. The molecule has 102 valence electrons. The summed E-state index contributed by atoms with van der Waals surface area (Å²) in [7, 11) is 0. The minimum Gasteiger partial charge on any atom is -0.395 e. The fourth-order valence-electron chi connectivity index (χ4n) is 1.49. The van der Waals surface area contributed by atoms with Crippen LogP contribution < -0.4 is 0 Å². The normalized spacial score (nSPS) is 11.2. The first-order chi connectivity index (χ1) is 8.67. The average molecular weight is 310 g/mol. The summed E-state index contributed by atoms with van der Waals surface area (Å²) in [6.45, 7) is 2.13. The van der Waals surface area contributed by atoms with Crippen molar-refractivity contribution in [1.82, 2.24) is 4.90 Å². The zero-order chi connectivity index (χ0) is 13.4. The smallest absolute Gasteiger partial charge is 0.0558 e. The van der Waals surface area contributed by atoms with Gasteiger partial charge in [0.1, 0.15) is 0 Å². The van der Waals surface area contributed by atoms with Crippen molar-refractivity contribution < 1.29 is 10.2 Å². The fraction of sp³-hybridized carbons (Fsp3) is 0.500. The van der Waals surface area contributed by atoms with Gasteiger partial charge in [0, 0.05) is 35.3 Å². The predicted octanol–water partition coefficient (Wildman–Crippen LogP) is 2.37. The highest BCUT2D eigenvalue weighted by Gasteiger charge is 2.06. The molecule has 1 rings (SSSR count). The summed E-state index contributed by atoms with van der Waals surface area (Å²) in [4.78, 5) is 2.96. The molecule has 0 atom stereocenters. The Morgan fingerprint density at radius 2 is 1.72 bits per heavy atom. The highest BCUT2D eigenvalue weighted by atomic mass is 35.5. The quantitative estimate of drug-likeness (QED) is 0.724. The summed E-state index contributed by atoms with van der Waals surface area (Å²) in [5.41, 5.74) is 0. The Bertz CT molecular complexity index is 360. The molecule has 1 aromatic carbocycles. The second kappa shape index (κ2) is 9.02. The molecule has 0 saturated heterocycles. The van der Waals surface area contributed by atoms with Gasteiger partial charge in [-0.05, 0) is 18.2 Å². The number of nitrogens with zero attached hydrogens (tertiary/aromatic N) is 1. The van der Waals surface area contributed by atoms with Crippen LogP contribution in [0, 0.1) is 0 Å². The molecule has 18 heavy (non-hydrogen) atoms. The van der Waals surface area contributed by atoms with Crippen molar-refractivity contribution in [2.75, 3.05) is 38.6 Å². The first-order valence-corrected chi connectivity index (χ1v) is 7.43. The second-order valence-corrected chi connectivity index (χ2v) is 5.69. The molecule has 0 spiro atoms. The second-order valence-electron chi connectivity index (χ2n) is 3.71. The third kappa shape index (κ3) is 5.78. The number of thioether (sulfide) groups is 1. The lowest BCUT2D eigenvalue weighted by molar-refractivity contribution is 0.167. The molecule has 0 unspecified atom stereocenters. The summed E-state index contributed by atoms with van der Waals surface area (Å²) in [6, 6.07) is 5.39. The van der Waals surface area contributed by atoms with Gasteiger partial charge in [0.25, 0.3) is 0 Å². The summed E-state index contributed by atoms with van der Waals surface area (Å²) >= 11 is 13.6. The SMILES string of the molecule is OCCN(CCO)CCSc1cc(Cl)ccc1Cl. The van der Waals surface area contributed by atoms with Crippen molar-refractivity contribution in [2.45, 2.75) is 4.90 Å². The molecule has 0 aromatic heterocycles. The standard InChI is InChI=1S/C12H17Cl2NO2S/c13-10-1-2-11(14)12(9-10)18-8-5-15(3-6-16)4-7-17/h1-2,9,16-17H,3-8H2. The molecule has 0 radical (unpaired) electrons. The number of benzene rings is 1. The monoisotopic (exact) mass is 309 g/mol. The maximum absolute atomic E-state index is 8.89. The lowest BCUT2D eigenvalue weighted by atomic mass is 10.4. The molecule has 0 aliphatic rings. The summed E-state index contributed by atoms with van der Waals surface area (Å²) < 4.78 is 0. The van der Waals surface area contributed by atoms with E-state index in [4.69, 9.17) is 33.4 Å². The van der Waals surface area contributed by atoms with E-state index in [0.29, 0.717) is 23.1 Å². The van der Waals surface area contributed by atoms with Crippen molar-refractivity contribution in [3.8, 4) is 0 Å². The largest absolute Gasteiger partial charge is 0.395 e. The van der Waals surface area contributed by atoms with Crippen molar-refractivity contribution in [3.05, 3.63) is 28.2 Å². The first-order valence-electron chi connectivity index (χ1n) is 5.69. The molecular weight excluding hydrogens is 293 g/mol. The van der Waals surface area contributed by atoms with Gasteiger partial charge in [-0.2, -0.15) is 0 Å². The van der Waals surface area contributed by atoms with E-state index in [0.717, 1.165) is 17.2 Å². The average Bonchev–Trinajstić information content (AvgIpc) is 2.34. The number of hydrogen-bond donors (Lipinski definition) is 2. The molecular formula is C12H17Cl2NO2S. The van der Waals surface area contributed by atoms with Crippen molar-refractivity contribution in [2.24, 2.45) is 0 Å². The summed E-state index contributed by atoms with van der Waals surface area (Å²) in [6.07, 6.45) is 0. The van der Waals surface area contributed by atoms with Crippen molar-refractivity contribution >= 4 is 35.0 Å². The predicted molar refractivity (Wildman–Crippen MR) is 77.8 cm³/mol. The van der Waals surface area contributed by atoms with Gasteiger partial charge >= 0.3 is 0 Å². The third-order valence-electron chi connectivity index (χ3n) is 2.39. The van der Waals surface area contributed by atoms with Gasteiger partial charge in [0.05, 0.1) is 18.2 Å². The van der Waals surface area contributed by atoms with E-state index in [-0.39, 0.29) is 13.2 Å². The number of aliphatic hydroxyl groups is 2. The molecule has 2 N–H and O–H groups in total. The van der Waals surface area contributed by atoms with Gasteiger partial charge in [0.2, 0.25) is 0 Å². The Balaban J connectivity index is 2.41. The van der Waals surface area contributed by atoms with Crippen LogP contribution in [0.3, 0.4) is 0 Å². The highest BCUT2D eigenvalue weighted by molar-refractivity contribution is 7.99. The van der Waals surface area contributed by atoms with E-state index in [1.54, 1.807) is 23.9 Å². The van der Waals surface area contributed by atoms with E-state index in [1.165, 1.54) is 0 Å². The van der Waals surface area contributed by atoms with Crippen LogP contribution in [0.2, 0.25) is 10.0 Å². The lowest BCUT2D eigenvalue weighted by Crippen LogP contribution is -2.31. The Kier molecular flexibility index (Phi) is 8.06. The Labute approximate surface area is 122 Å². The van der Waals surface area contributed by atoms with Crippen molar-refractivity contribution in [1.29, 1.82) is 0 Å². The van der Waals surface area contributed by atoms with Crippen LogP contribution in [-0.2, 0) is 0 Å². The van der Waals surface area contributed by atoms with E-state index in [1.807, 2.05) is 11.0 Å². The maximum atomic E-state index is 8.89. The van der Waals surface area contributed by atoms with Crippen LogP contribution in [0.25, 0.3) is 0 Å². The molecule has 3 nitrogen and oxygen atoms in total. The van der Waals surface area contributed by atoms with Gasteiger partial charge < -0.3 is 10.2 Å². The molecule has 1 aromatic rings. The molecule has 0 amide bonds. The molecule has 6 heteroatoms. The summed E-state index contributed by atoms with van der Waals surface area (Å²) in [5.74, 6) is 0.833. The van der Waals surface area contributed by atoms with E-state index >= 15 is 0 Å². The van der Waals surface area contributed by atoms with Crippen LogP contribution in [0.1, 0.15) is 0 Å². The van der Waals surface area contributed by atoms with Gasteiger partial charge in [-0.1, -0.05) is 23.2 Å². The highest BCUT2D eigenvalue weighted by Crippen LogP contribution is 2.29. The van der Waals surface area contributed by atoms with Crippen LogP contribution in [0.15, 0.2) is 23.1 Å². The maximum Gasteiger partial charge on any atom is 0.0558 e. The van der Waals surface area contributed by atoms with Gasteiger partial charge in [-0.15, -0.1) is 11.8 Å². The number of rotatable bonds is 8. The van der Waals surface area contributed by atoms with E-state index in [9.17, 15) is 0 Å².